The number of likely N-dealkylation sites (tertiary alicyclic amines) is 1. The molecule has 1 atom stereocenters. The maximum atomic E-state index is 9.66. The van der Waals surface area contributed by atoms with Gasteiger partial charge in [0.15, 0.2) is 5.75 Å². The number of aromatic hydroxyl groups is 1. The van der Waals surface area contributed by atoms with Crippen molar-refractivity contribution in [2.24, 2.45) is 0 Å². The van der Waals surface area contributed by atoms with E-state index in [9.17, 15) is 5.11 Å². The number of pyridine rings is 1. The summed E-state index contributed by atoms with van der Waals surface area (Å²) >= 11 is 0. The van der Waals surface area contributed by atoms with E-state index in [1.807, 2.05) is 16.7 Å². The second-order valence-electron chi connectivity index (χ2n) is 4.68. The molecule has 1 aliphatic heterocycles. The van der Waals surface area contributed by atoms with Crippen molar-refractivity contribution in [1.29, 1.82) is 0 Å². The van der Waals surface area contributed by atoms with Crippen molar-refractivity contribution in [2.45, 2.75) is 25.3 Å². The molecule has 0 aromatic carbocycles. The topological polar surface area (TPSA) is 53.7 Å². The Hall–Kier alpha value is -1.62. The van der Waals surface area contributed by atoms with Gasteiger partial charge in [0.25, 0.3) is 0 Å². The van der Waals surface area contributed by atoms with E-state index in [-0.39, 0.29) is 5.75 Å². The Bertz CT molecular complexity index is 536. The predicted octanol–water partition coefficient (Wildman–Crippen LogP) is 1.07. The number of rotatable bonds is 2. The van der Waals surface area contributed by atoms with Crippen LogP contribution in [0.3, 0.4) is 0 Å². The Morgan fingerprint density at radius 1 is 1.47 bits per heavy atom. The van der Waals surface area contributed by atoms with Gasteiger partial charge in [-0.1, -0.05) is 0 Å². The lowest BCUT2D eigenvalue weighted by molar-refractivity contribution is 0.305. The molecule has 5 heteroatoms. The van der Waals surface area contributed by atoms with Crippen molar-refractivity contribution < 1.29 is 5.11 Å². The molecule has 5 nitrogen and oxygen atoms in total. The fourth-order valence-corrected chi connectivity index (χ4v) is 2.54. The van der Waals surface area contributed by atoms with E-state index in [2.05, 4.69) is 22.1 Å². The van der Waals surface area contributed by atoms with Crippen LogP contribution in [0.4, 0.5) is 0 Å². The number of fused-ring (bicyclic) bond motifs is 1. The van der Waals surface area contributed by atoms with E-state index in [0.717, 1.165) is 18.8 Å². The number of nitrogens with zero attached hydrogens (tertiary/aromatic N) is 4. The van der Waals surface area contributed by atoms with E-state index >= 15 is 0 Å². The first-order valence-corrected chi connectivity index (χ1v) is 5.97. The Labute approximate surface area is 99.7 Å². The standard InChI is InChI=1S/C12H16N4O/c1-15-6-2-4-9(15)8-11-13-14-12-10(17)5-3-7-16(11)12/h3,5,7,9,17H,2,4,6,8H2,1H3. The zero-order valence-electron chi connectivity index (χ0n) is 9.87. The van der Waals surface area contributed by atoms with Crippen LogP contribution in [-0.2, 0) is 6.42 Å². The average molecular weight is 232 g/mol. The van der Waals surface area contributed by atoms with Crippen LogP contribution in [0.25, 0.3) is 5.65 Å². The lowest BCUT2D eigenvalue weighted by Gasteiger charge is -2.17. The van der Waals surface area contributed by atoms with Crippen molar-refractivity contribution in [3.63, 3.8) is 0 Å². The molecule has 0 radical (unpaired) electrons. The summed E-state index contributed by atoms with van der Waals surface area (Å²) in [6.07, 6.45) is 5.26. The lowest BCUT2D eigenvalue weighted by atomic mass is 10.1. The molecule has 2 aromatic heterocycles. The van der Waals surface area contributed by atoms with E-state index < -0.39 is 0 Å². The zero-order valence-corrected chi connectivity index (χ0v) is 9.87. The number of aromatic nitrogens is 3. The molecule has 1 saturated heterocycles. The van der Waals surface area contributed by atoms with Crippen LogP contribution in [0.5, 0.6) is 5.75 Å². The quantitative estimate of drug-likeness (QED) is 0.841. The molecule has 2 aromatic rings. The van der Waals surface area contributed by atoms with Crippen molar-refractivity contribution in [2.75, 3.05) is 13.6 Å². The molecular formula is C12H16N4O. The van der Waals surface area contributed by atoms with Crippen LogP contribution in [0.2, 0.25) is 0 Å². The van der Waals surface area contributed by atoms with Crippen LogP contribution < -0.4 is 0 Å². The summed E-state index contributed by atoms with van der Waals surface area (Å²) in [5, 5.41) is 17.9. The smallest absolute Gasteiger partial charge is 0.203 e. The molecule has 1 fully saturated rings. The minimum absolute atomic E-state index is 0.186. The van der Waals surface area contributed by atoms with Crippen LogP contribution >= 0.6 is 0 Å². The second-order valence-corrected chi connectivity index (χ2v) is 4.68. The van der Waals surface area contributed by atoms with Gasteiger partial charge in [-0.2, -0.15) is 0 Å². The third-order valence-corrected chi connectivity index (χ3v) is 3.57. The third-order valence-electron chi connectivity index (χ3n) is 3.57. The maximum Gasteiger partial charge on any atom is 0.203 e. The molecule has 0 aliphatic carbocycles. The van der Waals surface area contributed by atoms with Gasteiger partial charge in [0.2, 0.25) is 5.65 Å². The highest BCUT2D eigenvalue weighted by Gasteiger charge is 2.23. The normalized spacial score (nSPS) is 21.4. The van der Waals surface area contributed by atoms with Gasteiger partial charge in [0.1, 0.15) is 5.82 Å². The van der Waals surface area contributed by atoms with Gasteiger partial charge in [-0.3, -0.25) is 4.40 Å². The summed E-state index contributed by atoms with van der Waals surface area (Å²) in [6, 6.07) is 3.99. The number of hydrogen-bond donors (Lipinski definition) is 1. The van der Waals surface area contributed by atoms with Crippen LogP contribution in [0.1, 0.15) is 18.7 Å². The highest BCUT2D eigenvalue weighted by molar-refractivity contribution is 5.51. The Morgan fingerprint density at radius 3 is 3.12 bits per heavy atom. The van der Waals surface area contributed by atoms with Gasteiger partial charge in [-0.25, -0.2) is 0 Å². The van der Waals surface area contributed by atoms with E-state index in [4.69, 9.17) is 0 Å². The van der Waals surface area contributed by atoms with Crippen LogP contribution in [-0.4, -0.2) is 44.2 Å². The van der Waals surface area contributed by atoms with Gasteiger partial charge in [0, 0.05) is 18.7 Å². The summed E-state index contributed by atoms with van der Waals surface area (Å²) < 4.78 is 1.88. The Morgan fingerprint density at radius 2 is 2.35 bits per heavy atom. The first-order chi connectivity index (χ1) is 8.25. The summed E-state index contributed by atoms with van der Waals surface area (Å²) in [6.45, 7) is 1.16. The molecule has 1 aliphatic rings. The zero-order chi connectivity index (χ0) is 11.8. The molecule has 0 spiro atoms. The highest BCUT2D eigenvalue weighted by Crippen LogP contribution is 2.21. The van der Waals surface area contributed by atoms with Gasteiger partial charge in [0.05, 0.1) is 0 Å². The monoisotopic (exact) mass is 232 g/mol. The molecule has 0 bridgehead atoms. The molecule has 3 rings (SSSR count). The summed E-state index contributed by atoms with van der Waals surface area (Å²) in [7, 11) is 2.15. The number of hydrogen-bond acceptors (Lipinski definition) is 4. The van der Waals surface area contributed by atoms with Gasteiger partial charge in [-0.05, 0) is 38.6 Å². The van der Waals surface area contributed by atoms with Crippen molar-refractivity contribution >= 4 is 5.65 Å². The first-order valence-electron chi connectivity index (χ1n) is 5.97. The van der Waals surface area contributed by atoms with Crippen LogP contribution in [0, 0.1) is 0 Å². The molecule has 0 amide bonds. The van der Waals surface area contributed by atoms with Crippen LogP contribution in [0.15, 0.2) is 18.3 Å². The molecule has 90 valence electrons. The number of likely N-dealkylation sites (N-methyl/N-ethyl adjacent to an activating group) is 1. The van der Waals surface area contributed by atoms with Gasteiger partial charge >= 0.3 is 0 Å². The fourth-order valence-electron chi connectivity index (χ4n) is 2.54. The lowest BCUT2D eigenvalue weighted by Crippen LogP contribution is -2.27. The molecular weight excluding hydrogens is 216 g/mol. The summed E-state index contributed by atoms with van der Waals surface area (Å²) in [4.78, 5) is 2.36. The summed E-state index contributed by atoms with van der Waals surface area (Å²) in [5.74, 6) is 1.11. The minimum atomic E-state index is 0.186. The fraction of sp³-hybridized carbons (Fsp3) is 0.500. The Balaban J connectivity index is 1.93. The predicted molar refractivity (Wildman–Crippen MR) is 64.0 cm³/mol. The average Bonchev–Trinajstić information content (AvgIpc) is 2.89. The van der Waals surface area contributed by atoms with Crippen molar-refractivity contribution in [1.82, 2.24) is 19.5 Å². The van der Waals surface area contributed by atoms with Crippen molar-refractivity contribution in [3.8, 4) is 5.75 Å². The molecule has 17 heavy (non-hydrogen) atoms. The molecule has 1 unspecified atom stereocenters. The Kier molecular flexibility index (Phi) is 2.48. The molecule has 1 N–H and O–H groups in total. The first kappa shape index (κ1) is 10.5. The van der Waals surface area contributed by atoms with E-state index in [1.165, 1.54) is 12.8 Å². The minimum Gasteiger partial charge on any atom is -0.504 e. The SMILES string of the molecule is CN1CCCC1Cc1nnc2c(O)cccn12. The summed E-state index contributed by atoms with van der Waals surface area (Å²) in [5.41, 5.74) is 0.545. The highest BCUT2D eigenvalue weighted by atomic mass is 16.3. The van der Waals surface area contributed by atoms with Crippen molar-refractivity contribution in [3.05, 3.63) is 24.2 Å². The van der Waals surface area contributed by atoms with E-state index in [0.29, 0.717) is 11.7 Å². The second kappa shape index (κ2) is 4.00. The van der Waals surface area contributed by atoms with Gasteiger partial charge in [-0.15, -0.1) is 10.2 Å². The maximum absolute atomic E-state index is 9.66. The van der Waals surface area contributed by atoms with Gasteiger partial charge < -0.3 is 10.0 Å². The molecule has 0 saturated carbocycles. The molecule has 3 heterocycles. The van der Waals surface area contributed by atoms with E-state index in [1.54, 1.807) is 6.07 Å². The third kappa shape index (κ3) is 1.76. The largest absolute Gasteiger partial charge is 0.504 e.